The molecule has 3 aromatic carbocycles. The quantitative estimate of drug-likeness (QED) is 0.693. The van der Waals surface area contributed by atoms with Crippen molar-refractivity contribution in [2.24, 2.45) is 0 Å². The molecule has 0 unspecified atom stereocenters. The summed E-state index contributed by atoms with van der Waals surface area (Å²) < 4.78 is 16.6. The zero-order chi connectivity index (χ0) is 20.3. The molecule has 1 fully saturated rings. The Labute approximate surface area is 168 Å². The number of hydrogen-bond acceptors (Lipinski definition) is 5. The highest BCUT2D eigenvalue weighted by Crippen LogP contribution is 2.44. The van der Waals surface area contributed by atoms with E-state index in [2.05, 4.69) is 6.07 Å². The van der Waals surface area contributed by atoms with Crippen LogP contribution >= 0.6 is 0 Å². The summed E-state index contributed by atoms with van der Waals surface area (Å²) in [7, 11) is 4.91. The molecule has 5 rings (SSSR count). The highest BCUT2D eigenvalue weighted by atomic mass is 16.5. The van der Waals surface area contributed by atoms with Crippen LogP contribution in [0.1, 0.15) is 17.5 Å². The van der Waals surface area contributed by atoms with Gasteiger partial charge in [0.2, 0.25) is 5.91 Å². The molecule has 150 valence electrons. The van der Waals surface area contributed by atoms with E-state index in [4.69, 9.17) is 14.2 Å². The number of hydrogen-bond donors (Lipinski definition) is 1. The number of methoxy groups -OCH3 is 3. The number of carbonyl (C=O) groups excluding carboxylic acids is 1. The van der Waals surface area contributed by atoms with E-state index >= 15 is 0 Å². The molecule has 29 heavy (non-hydrogen) atoms. The van der Waals surface area contributed by atoms with Gasteiger partial charge in [-0.25, -0.2) is 0 Å². The fourth-order valence-corrected chi connectivity index (χ4v) is 4.88. The molecule has 3 aromatic rings. The van der Waals surface area contributed by atoms with E-state index < -0.39 is 6.10 Å². The van der Waals surface area contributed by atoms with Crippen molar-refractivity contribution in [3.8, 4) is 17.2 Å². The first-order valence-corrected chi connectivity index (χ1v) is 9.70. The lowest BCUT2D eigenvalue weighted by atomic mass is 9.84. The molecule has 1 amide bonds. The molecule has 6 nitrogen and oxygen atoms in total. The minimum absolute atomic E-state index is 0.0159. The summed E-state index contributed by atoms with van der Waals surface area (Å²) >= 11 is 0. The Morgan fingerprint density at radius 2 is 1.55 bits per heavy atom. The van der Waals surface area contributed by atoms with Crippen LogP contribution in [0.2, 0.25) is 0 Å². The van der Waals surface area contributed by atoms with E-state index in [1.807, 2.05) is 29.2 Å². The summed E-state index contributed by atoms with van der Waals surface area (Å²) in [6.07, 6.45) is 0.188. The Morgan fingerprint density at radius 1 is 0.862 bits per heavy atom. The first-order valence-electron chi connectivity index (χ1n) is 9.70. The molecule has 6 heteroatoms. The van der Waals surface area contributed by atoms with Gasteiger partial charge in [0.15, 0.2) is 11.5 Å². The van der Waals surface area contributed by atoms with Crippen LogP contribution in [0.25, 0.3) is 21.5 Å². The maximum Gasteiger partial charge on any atom is 0.225 e. The van der Waals surface area contributed by atoms with Crippen molar-refractivity contribution in [1.29, 1.82) is 0 Å². The van der Waals surface area contributed by atoms with E-state index in [9.17, 15) is 9.90 Å². The third kappa shape index (κ3) is 2.55. The third-order valence-corrected chi connectivity index (χ3v) is 6.35. The molecule has 2 atom stereocenters. The molecule has 0 aromatic heterocycles. The Bertz CT molecular complexity index is 1160. The molecule has 0 bridgehead atoms. The second kappa shape index (κ2) is 6.52. The molecular formula is C23H23NO5. The first kappa shape index (κ1) is 18.1. The third-order valence-electron chi connectivity index (χ3n) is 6.35. The van der Waals surface area contributed by atoms with Crippen LogP contribution in [0.5, 0.6) is 17.2 Å². The summed E-state index contributed by atoms with van der Waals surface area (Å²) in [6.45, 7) is 0.503. The molecule has 2 aliphatic heterocycles. The van der Waals surface area contributed by atoms with Crippen molar-refractivity contribution in [3.63, 3.8) is 0 Å². The number of fused-ring (bicyclic) bond motifs is 7. The van der Waals surface area contributed by atoms with Crippen molar-refractivity contribution < 1.29 is 24.1 Å². The standard InChI is InChI=1S/C23H23NO5/c1-27-12-4-5-13-14(6-12)16-8-21(28-2)22(29-3)9-17(16)15-7-19-20(25)10-23(26)24(19)11-18(13)15/h4-6,8-9,19-20,25H,7,10-11H2,1-3H3/t19-,20+/m0/s1. The largest absolute Gasteiger partial charge is 0.497 e. The number of amides is 1. The van der Waals surface area contributed by atoms with Crippen molar-refractivity contribution in [2.75, 3.05) is 21.3 Å². The van der Waals surface area contributed by atoms with Gasteiger partial charge in [-0.05, 0) is 63.4 Å². The highest BCUT2D eigenvalue weighted by molar-refractivity contribution is 6.12. The van der Waals surface area contributed by atoms with Gasteiger partial charge in [0.05, 0.1) is 39.9 Å². The molecule has 0 aliphatic carbocycles. The van der Waals surface area contributed by atoms with E-state index in [1.165, 1.54) is 0 Å². The fraction of sp³-hybridized carbons (Fsp3) is 0.348. The number of aliphatic hydroxyl groups excluding tert-OH is 1. The van der Waals surface area contributed by atoms with Gasteiger partial charge >= 0.3 is 0 Å². The molecule has 1 N–H and O–H groups in total. The van der Waals surface area contributed by atoms with Gasteiger partial charge in [-0.3, -0.25) is 4.79 Å². The van der Waals surface area contributed by atoms with E-state index in [0.717, 1.165) is 38.4 Å². The van der Waals surface area contributed by atoms with Crippen molar-refractivity contribution in [2.45, 2.75) is 31.5 Å². The number of aliphatic hydroxyl groups is 1. The second-order valence-corrected chi connectivity index (χ2v) is 7.69. The molecule has 2 aliphatic rings. The molecule has 0 saturated carbocycles. The predicted octanol–water partition coefficient (Wildman–Crippen LogP) is 3.04. The first-order chi connectivity index (χ1) is 14.0. The lowest BCUT2D eigenvalue weighted by molar-refractivity contribution is -0.129. The zero-order valence-corrected chi connectivity index (χ0v) is 16.7. The lowest BCUT2D eigenvalue weighted by Gasteiger charge is -2.34. The molecule has 0 spiro atoms. The molecule has 0 radical (unpaired) electrons. The van der Waals surface area contributed by atoms with E-state index in [0.29, 0.717) is 24.5 Å². The smallest absolute Gasteiger partial charge is 0.225 e. The number of rotatable bonds is 3. The molecule has 1 saturated heterocycles. The van der Waals surface area contributed by atoms with Crippen LogP contribution in [-0.4, -0.2) is 49.4 Å². The molecule has 2 heterocycles. The van der Waals surface area contributed by atoms with Gasteiger partial charge in [0.25, 0.3) is 0 Å². The monoisotopic (exact) mass is 393 g/mol. The lowest BCUT2D eigenvalue weighted by Crippen LogP contribution is -2.42. The Kier molecular flexibility index (Phi) is 4.06. The van der Waals surface area contributed by atoms with Gasteiger partial charge in [-0.15, -0.1) is 0 Å². The minimum Gasteiger partial charge on any atom is -0.497 e. The van der Waals surface area contributed by atoms with Gasteiger partial charge in [0.1, 0.15) is 5.75 Å². The second-order valence-electron chi connectivity index (χ2n) is 7.69. The van der Waals surface area contributed by atoms with Crippen LogP contribution in [-0.2, 0) is 17.8 Å². The van der Waals surface area contributed by atoms with Crippen LogP contribution < -0.4 is 14.2 Å². The Balaban J connectivity index is 1.87. The summed E-state index contributed by atoms with van der Waals surface area (Å²) in [5.74, 6) is 2.12. The number of benzene rings is 3. The van der Waals surface area contributed by atoms with Gasteiger partial charge in [-0.2, -0.15) is 0 Å². The van der Waals surface area contributed by atoms with Crippen molar-refractivity contribution in [3.05, 3.63) is 41.5 Å². The van der Waals surface area contributed by atoms with Crippen LogP contribution in [0.15, 0.2) is 30.3 Å². The summed E-state index contributed by atoms with van der Waals surface area (Å²) in [4.78, 5) is 14.2. The van der Waals surface area contributed by atoms with Crippen LogP contribution in [0.4, 0.5) is 0 Å². The fourth-order valence-electron chi connectivity index (χ4n) is 4.88. The Hall–Kier alpha value is -2.99. The summed E-state index contributed by atoms with van der Waals surface area (Å²) in [5, 5.41) is 14.7. The van der Waals surface area contributed by atoms with E-state index in [-0.39, 0.29) is 18.4 Å². The van der Waals surface area contributed by atoms with Gasteiger partial charge < -0.3 is 24.2 Å². The topological polar surface area (TPSA) is 68.2 Å². The van der Waals surface area contributed by atoms with Gasteiger partial charge in [0, 0.05) is 6.54 Å². The minimum atomic E-state index is -0.627. The summed E-state index contributed by atoms with van der Waals surface area (Å²) in [5.41, 5.74) is 2.29. The zero-order valence-electron chi connectivity index (χ0n) is 16.7. The maximum atomic E-state index is 12.4. The highest BCUT2D eigenvalue weighted by Gasteiger charge is 2.42. The SMILES string of the molecule is COc1ccc2c3c(c4cc(OC)c(OC)cc4c2c1)C[C@H]1[C@H](O)CC(=O)N1C3. The average molecular weight is 393 g/mol. The van der Waals surface area contributed by atoms with Crippen LogP contribution in [0.3, 0.4) is 0 Å². The number of carbonyl (C=O) groups is 1. The van der Waals surface area contributed by atoms with Gasteiger partial charge in [-0.1, -0.05) is 6.07 Å². The van der Waals surface area contributed by atoms with Crippen LogP contribution in [0, 0.1) is 0 Å². The van der Waals surface area contributed by atoms with Crippen molar-refractivity contribution in [1.82, 2.24) is 4.90 Å². The number of nitrogens with zero attached hydrogens (tertiary/aromatic N) is 1. The normalized spacial score (nSPS) is 20.7. The molecular weight excluding hydrogens is 370 g/mol. The number of ether oxygens (including phenoxy) is 3. The maximum absolute atomic E-state index is 12.4. The van der Waals surface area contributed by atoms with E-state index in [1.54, 1.807) is 21.3 Å². The van der Waals surface area contributed by atoms with Crippen molar-refractivity contribution >= 4 is 27.5 Å². The summed E-state index contributed by atoms with van der Waals surface area (Å²) in [6, 6.07) is 9.85. The predicted molar refractivity (Wildman–Crippen MR) is 110 cm³/mol. The average Bonchev–Trinajstić information content (AvgIpc) is 3.04. The Morgan fingerprint density at radius 3 is 2.24 bits per heavy atom.